The van der Waals surface area contributed by atoms with Crippen molar-refractivity contribution in [1.82, 2.24) is 45.0 Å². The van der Waals surface area contributed by atoms with Crippen LogP contribution in [0.3, 0.4) is 0 Å². The molecular formula is C86H101Cl3N14O16S5. The van der Waals surface area contributed by atoms with Crippen molar-refractivity contribution in [3.8, 4) is 0 Å². The van der Waals surface area contributed by atoms with Gasteiger partial charge in [0.2, 0.25) is 17.3 Å². The number of amides is 2. The number of nitrogens with zero attached hydrogens (tertiary/aromatic N) is 8. The zero-order valence-electron chi connectivity index (χ0n) is 70.0. The van der Waals surface area contributed by atoms with Crippen molar-refractivity contribution in [2.75, 3.05) is 55.4 Å². The van der Waals surface area contributed by atoms with Crippen LogP contribution in [0.4, 0.5) is 27.0 Å². The summed E-state index contributed by atoms with van der Waals surface area (Å²) in [5.41, 5.74) is 8.67. The number of ether oxygens (including phenoxy) is 2. The van der Waals surface area contributed by atoms with Gasteiger partial charge in [-0.3, -0.25) is 32.5 Å². The highest BCUT2D eigenvalue weighted by atomic mass is 35.5. The van der Waals surface area contributed by atoms with Gasteiger partial charge in [0, 0.05) is 104 Å². The number of aryl methyl sites for hydroxylation is 3. The third kappa shape index (κ3) is 22.7. The Hall–Kier alpha value is -8.60. The zero-order valence-corrected chi connectivity index (χ0v) is 76.3. The molecule has 3 aliphatic carbocycles. The maximum Gasteiger partial charge on any atom is 0.411 e. The fraction of sp³-hybridized carbons (Fsp3) is 0.453. The molecule has 6 aliphatic rings. The average Bonchev–Trinajstić information content (AvgIpc) is 1.48. The van der Waals surface area contributed by atoms with Crippen LogP contribution < -0.4 is 31.5 Å². The number of aliphatic hydroxyl groups excluding tert-OH is 3. The second-order valence-corrected chi connectivity index (χ2v) is 41.6. The molecule has 9 heterocycles. The van der Waals surface area contributed by atoms with Gasteiger partial charge in [0.25, 0.3) is 0 Å². The highest BCUT2D eigenvalue weighted by Crippen LogP contribution is 2.46. The van der Waals surface area contributed by atoms with Gasteiger partial charge in [-0.15, -0.1) is 34.0 Å². The normalized spacial score (nSPS) is 22.4. The summed E-state index contributed by atoms with van der Waals surface area (Å²) < 4.78 is 65.6. The van der Waals surface area contributed by atoms with Gasteiger partial charge in [0.15, 0.2) is 0 Å². The van der Waals surface area contributed by atoms with Crippen LogP contribution in [0, 0.1) is 44.4 Å². The minimum Gasteiger partial charge on any atom is -0.444 e. The maximum absolute atomic E-state index is 13.9. The SMILES string of the molecule is Cc1sc(C(=O)c2cncnc2N[C@@H]2C[C@H](CO)[C@@H](C)C2)cc1[C@H]1c2cc(Cl)ccc2CCN1C(=O)OC(C)(C)C.Cc1sc(C(=O)c2cncnc2N[C@@H]2C[C@H](COS(N)(=O)=O)[C@@H](O)C2)cc1[C@@H]1NCCc2ccc(Cl)cc21.Cc1sc(C(=O)c2cncnc2N[C@@H]2C[C@H](COS(N)(=O)=O)[C@@H](O)C2)cc1[C@H]1c2cc(Cl)ccc2CCN1C(=O)OC(C)(C)C. The van der Waals surface area contributed by atoms with Crippen LogP contribution in [-0.4, -0.2) is 182 Å². The van der Waals surface area contributed by atoms with E-state index in [4.69, 9.17) is 54.6 Å². The first-order valence-corrected chi connectivity index (χ1v) is 47.2. The molecule has 11 N–H and O–H groups in total. The molecular weight excluding hydrogens is 1750 g/mol. The minimum atomic E-state index is -4.14. The van der Waals surface area contributed by atoms with Gasteiger partial charge in [-0.25, -0.2) is 49.8 Å². The molecule has 0 saturated heterocycles. The topological polar surface area (TPSA) is 435 Å². The molecule has 30 nitrogen and oxygen atoms in total. The van der Waals surface area contributed by atoms with Crippen molar-refractivity contribution >= 4 is 136 Å². The molecule has 2 amide bonds. The van der Waals surface area contributed by atoms with Crippen LogP contribution in [0.5, 0.6) is 0 Å². The van der Waals surface area contributed by atoms with Gasteiger partial charge in [-0.2, -0.15) is 16.8 Å². The van der Waals surface area contributed by atoms with E-state index in [1.165, 1.54) is 70.9 Å². The van der Waals surface area contributed by atoms with E-state index in [1.54, 1.807) is 22.1 Å². The molecule has 0 unspecified atom stereocenters. The Morgan fingerprint density at radius 3 is 1.23 bits per heavy atom. The smallest absolute Gasteiger partial charge is 0.411 e. The average molecular weight is 1850 g/mol. The first-order valence-electron chi connectivity index (χ1n) is 40.7. The van der Waals surface area contributed by atoms with Gasteiger partial charge in [0.05, 0.1) is 74.9 Å². The van der Waals surface area contributed by atoms with E-state index in [0.717, 1.165) is 84.9 Å². The van der Waals surface area contributed by atoms with Crippen LogP contribution >= 0.6 is 68.8 Å². The highest BCUT2D eigenvalue weighted by Gasteiger charge is 2.43. The van der Waals surface area contributed by atoms with E-state index in [1.807, 2.05) is 123 Å². The summed E-state index contributed by atoms with van der Waals surface area (Å²) in [5.74, 6) is 0.183. The summed E-state index contributed by atoms with van der Waals surface area (Å²) in [6.07, 6.45) is 11.5. The van der Waals surface area contributed by atoms with Gasteiger partial charge in [0.1, 0.15) is 47.6 Å². The molecule has 0 spiro atoms. The number of nitrogens with one attached hydrogen (secondary N) is 4. The Labute approximate surface area is 747 Å². The lowest BCUT2D eigenvalue weighted by Gasteiger charge is -2.38. The Morgan fingerprint density at radius 1 is 0.508 bits per heavy atom. The number of hydrogen-bond donors (Lipinski definition) is 9. The number of halogens is 3. The Morgan fingerprint density at radius 2 is 0.863 bits per heavy atom. The summed E-state index contributed by atoms with van der Waals surface area (Å²) in [6.45, 7) is 20.5. The quantitative estimate of drug-likeness (QED) is 0.0285. The van der Waals surface area contributed by atoms with E-state index < -0.39 is 80.1 Å². The van der Waals surface area contributed by atoms with E-state index >= 15 is 0 Å². The number of hydrogen-bond acceptors (Lipinski definition) is 29. The van der Waals surface area contributed by atoms with Gasteiger partial charge >= 0.3 is 32.8 Å². The third-order valence-corrected chi connectivity index (χ3v) is 27.7. The Bertz CT molecular complexity index is 5710. The van der Waals surface area contributed by atoms with E-state index in [9.17, 15) is 56.1 Å². The van der Waals surface area contributed by atoms with E-state index in [2.05, 4.69) is 72.5 Å². The molecule has 0 bridgehead atoms. The van der Waals surface area contributed by atoms with Crippen molar-refractivity contribution in [2.24, 2.45) is 33.9 Å². The monoisotopic (exact) mass is 1850 g/mol. The summed E-state index contributed by atoms with van der Waals surface area (Å²) in [5, 5.41) is 55.6. The minimum absolute atomic E-state index is 0.0590. The number of rotatable bonds is 22. The number of anilines is 3. The molecule has 3 saturated carbocycles. The lowest BCUT2D eigenvalue weighted by molar-refractivity contribution is 0.0168. The largest absolute Gasteiger partial charge is 0.444 e. The van der Waals surface area contributed by atoms with Gasteiger partial charge in [-0.1, -0.05) is 59.9 Å². The number of aromatic nitrogens is 6. The molecule has 6 aromatic heterocycles. The van der Waals surface area contributed by atoms with Crippen molar-refractivity contribution in [2.45, 2.75) is 187 Å². The first-order chi connectivity index (χ1) is 58.6. The fourth-order valence-electron chi connectivity index (χ4n) is 17.0. The molecule has 3 fully saturated rings. The van der Waals surface area contributed by atoms with Gasteiger partial charge in [-0.05, 0) is 237 Å². The lowest BCUT2D eigenvalue weighted by Crippen LogP contribution is -2.43. The second-order valence-electron chi connectivity index (χ2n) is 34.1. The standard InChI is InChI=1S/C31H37ClN4O4S.C30H36ClN5O7S2.C25H28ClN5O5S2/c1-17-10-22(11-20(17)15-37)35-29-25(14-33-16-34-29)28(38)26-13-23(18(2)41-26)27-24-12-21(32)7-6-19(24)8-9-36(27)30(39)40-31(3,4)5;1-16-21(26-22-10-19(31)6-5-17(22)7-8-36(26)29(39)43-30(2,3)4)12-25(44-16)27(38)23-13-33-15-34-28(23)35-20-9-18(24(37)11-20)14-42-45(32,40)41;1-13-18(23-19-7-16(26)3-2-14(19)4-5-29-23)9-22(37-13)24(33)20-10-28-12-30-25(20)31-17-6-15(21(32)8-17)11-36-38(27,34)35/h6-7,12-14,16-17,20,22,27,37H,8-11,15H2,1-5H3,(H,33,34,35);5-6,10,12-13,15,18,20,24,26,37H,7-9,11,14H2,1-4H3,(H2,32,40,41)(H,33,34,35);2-3,7,9-10,12,15,17,21,23,29,32H,4-6,8,11H2,1H3,(H2,27,34,35)(H,28,30,31)/t17-,20+,22-,27-;18-,20-,24+,26+;15-,17-,21+,23+/m011/s1. The van der Waals surface area contributed by atoms with Crippen molar-refractivity contribution in [3.05, 3.63) is 221 Å². The number of carbonyl (C=O) groups is 5. The molecule has 0 radical (unpaired) electrons. The zero-order chi connectivity index (χ0) is 89.2. The number of aliphatic hydroxyl groups is 3. The van der Waals surface area contributed by atoms with Crippen molar-refractivity contribution in [3.63, 3.8) is 0 Å². The molecule has 662 valence electrons. The predicted octanol–water partition coefficient (Wildman–Crippen LogP) is 13.6. The number of thiophene rings is 3. The predicted molar refractivity (Wildman–Crippen MR) is 475 cm³/mol. The summed E-state index contributed by atoms with van der Waals surface area (Å²) in [6, 6.07) is 21.6. The number of fused-ring (bicyclic) bond motifs is 3. The van der Waals surface area contributed by atoms with Crippen LogP contribution in [0.1, 0.15) is 216 Å². The second kappa shape index (κ2) is 38.9. The van der Waals surface area contributed by atoms with Crippen LogP contribution in [0.2, 0.25) is 15.1 Å². The van der Waals surface area contributed by atoms with Gasteiger partial charge < -0.3 is 46.1 Å². The lowest BCUT2D eigenvalue weighted by atomic mass is 9.88. The molecule has 38 heteroatoms. The molecule has 12 atom stereocenters. The number of ketones is 3. The highest BCUT2D eigenvalue weighted by molar-refractivity contribution is 7.84. The molecule has 124 heavy (non-hydrogen) atoms. The van der Waals surface area contributed by atoms with Crippen molar-refractivity contribution in [1.29, 1.82) is 0 Å². The third-order valence-electron chi connectivity index (χ3n) is 22.9. The molecule has 15 rings (SSSR count). The fourth-order valence-corrected chi connectivity index (χ4v) is 21.3. The number of benzene rings is 3. The summed E-state index contributed by atoms with van der Waals surface area (Å²) in [7, 11) is -8.23. The number of carbonyl (C=O) groups excluding carboxylic acids is 5. The van der Waals surface area contributed by atoms with Crippen LogP contribution in [0.15, 0.2) is 110 Å². The Kier molecular flexibility index (Phi) is 29.2. The molecule has 9 aromatic rings. The first kappa shape index (κ1) is 93.1. The number of nitrogens with two attached hydrogens (primary N) is 2. The molecule has 3 aliphatic heterocycles. The van der Waals surface area contributed by atoms with Crippen LogP contribution in [0.25, 0.3) is 0 Å². The summed E-state index contributed by atoms with van der Waals surface area (Å²) >= 11 is 23.3. The molecule has 3 aromatic carbocycles. The van der Waals surface area contributed by atoms with Crippen molar-refractivity contribution < 1.29 is 74.0 Å². The summed E-state index contributed by atoms with van der Waals surface area (Å²) in [4.78, 5) is 101. The van der Waals surface area contributed by atoms with E-state index in [-0.39, 0.29) is 78.6 Å². The van der Waals surface area contributed by atoms with E-state index in [0.29, 0.717) is 110 Å². The Balaban J connectivity index is 0.000000160. The van der Waals surface area contributed by atoms with Crippen LogP contribution in [-0.2, 0) is 57.7 Å². The maximum atomic E-state index is 13.9.